The van der Waals surface area contributed by atoms with E-state index in [-0.39, 0.29) is 0 Å². The Hall–Kier alpha value is -0.730. The summed E-state index contributed by atoms with van der Waals surface area (Å²) in [5, 5.41) is 4.37. The fraction of sp³-hybridized carbons (Fsp3) is 0.647. The van der Waals surface area contributed by atoms with Crippen LogP contribution in [-0.4, -0.2) is 19.1 Å². The van der Waals surface area contributed by atoms with Crippen molar-refractivity contribution in [1.29, 1.82) is 0 Å². The van der Waals surface area contributed by atoms with E-state index in [4.69, 9.17) is 11.6 Å². The van der Waals surface area contributed by atoms with Crippen LogP contribution in [0.1, 0.15) is 46.1 Å². The first-order valence-corrected chi connectivity index (χ1v) is 8.02. The van der Waals surface area contributed by atoms with Gasteiger partial charge in [-0.05, 0) is 30.4 Å². The molecule has 1 N–H and O–H groups in total. The lowest BCUT2D eigenvalue weighted by Crippen LogP contribution is -2.40. The van der Waals surface area contributed by atoms with Gasteiger partial charge in [0.25, 0.3) is 0 Å². The highest BCUT2D eigenvalue weighted by Gasteiger charge is 2.27. The molecule has 2 rings (SSSR count). The molecule has 1 saturated heterocycles. The van der Waals surface area contributed by atoms with Crippen molar-refractivity contribution in [3.63, 3.8) is 0 Å². The number of nitrogens with zero attached hydrogens (tertiary/aromatic N) is 1. The van der Waals surface area contributed by atoms with E-state index in [1.807, 2.05) is 6.07 Å². The largest absolute Gasteiger partial charge is 0.371 e. The molecule has 1 aliphatic heterocycles. The fourth-order valence-corrected chi connectivity index (χ4v) is 3.19. The van der Waals surface area contributed by atoms with Gasteiger partial charge in [0.2, 0.25) is 0 Å². The summed E-state index contributed by atoms with van der Waals surface area (Å²) in [5.41, 5.74) is 2.93. The van der Waals surface area contributed by atoms with E-state index in [0.29, 0.717) is 11.5 Å². The Morgan fingerprint density at radius 3 is 2.75 bits per heavy atom. The molecule has 1 aromatic rings. The first-order chi connectivity index (χ1) is 9.39. The second kappa shape index (κ2) is 6.36. The van der Waals surface area contributed by atoms with Gasteiger partial charge in [-0.25, -0.2) is 0 Å². The van der Waals surface area contributed by atoms with Gasteiger partial charge in [-0.15, -0.1) is 0 Å². The molecule has 1 aromatic carbocycles. The van der Waals surface area contributed by atoms with Crippen molar-refractivity contribution in [2.24, 2.45) is 5.41 Å². The van der Waals surface area contributed by atoms with Crippen molar-refractivity contribution < 1.29 is 0 Å². The maximum absolute atomic E-state index is 6.44. The van der Waals surface area contributed by atoms with Crippen molar-refractivity contribution >= 4 is 17.3 Å². The van der Waals surface area contributed by atoms with E-state index >= 15 is 0 Å². The normalized spacial score (nSPS) is 18.6. The standard InChI is InChI=1S/C17H27ClN2/c1-13(2)19-11-14-15(18)7-5-8-16(14)20-10-6-9-17(3,4)12-20/h5,7-8,13,19H,6,9-12H2,1-4H3. The molecule has 3 heteroatoms. The molecule has 2 nitrogen and oxygen atoms in total. The lowest BCUT2D eigenvalue weighted by Gasteiger charge is -2.40. The Morgan fingerprint density at radius 1 is 1.35 bits per heavy atom. The molecule has 112 valence electrons. The highest BCUT2D eigenvalue weighted by atomic mass is 35.5. The quantitative estimate of drug-likeness (QED) is 0.882. The SMILES string of the molecule is CC(C)NCc1c(Cl)cccc1N1CCCC(C)(C)C1. The second-order valence-electron chi connectivity index (χ2n) is 6.96. The fourth-order valence-electron chi connectivity index (χ4n) is 2.95. The lowest BCUT2D eigenvalue weighted by atomic mass is 9.84. The first kappa shape index (κ1) is 15.7. The van der Waals surface area contributed by atoms with Crippen LogP contribution in [0.5, 0.6) is 0 Å². The molecule has 20 heavy (non-hydrogen) atoms. The van der Waals surface area contributed by atoms with Crippen LogP contribution in [-0.2, 0) is 6.54 Å². The van der Waals surface area contributed by atoms with Gasteiger partial charge in [0.15, 0.2) is 0 Å². The number of hydrogen-bond donors (Lipinski definition) is 1. The van der Waals surface area contributed by atoms with Gasteiger partial charge >= 0.3 is 0 Å². The highest BCUT2D eigenvalue weighted by Crippen LogP contribution is 2.35. The zero-order chi connectivity index (χ0) is 14.8. The van der Waals surface area contributed by atoms with Gasteiger partial charge in [-0.3, -0.25) is 0 Å². The number of piperidine rings is 1. The molecule has 1 aliphatic rings. The van der Waals surface area contributed by atoms with Crippen LogP contribution in [0, 0.1) is 5.41 Å². The molecule has 0 amide bonds. The second-order valence-corrected chi connectivity index (χ2v) is 7.37. The molecular formula is C17H27ClN2. The predicted molar refractivity (Wildman–Crippen MR) is 88.7 cm³/mol. The molecule has 0 aliphatic carbocycles. The summed E-state index contributed by atoms with van der Waals surface area (Å²) in [7, 11) is 0. The van der Waals surface area contributed by atoms with E-state index in [1.54, 1.807) is 0 Å². The van der Waals surface area contributed by atoms with Crippen LogP contribution in [0.4, 0.5) is 5.69 Å². The van der Waals surface area contributed by atoms with Gasteiger partial charge < -0.3 is 10.2 Å². The molecule has 0 radical (unpaired) electrons. The average Bonchev–Trinajstić information content (AvgIpc) is 2.35. The number of benzene rings is 1. The molecule has 0 aromatic heterocycles. The van der Waals surface area contributed by atoms with Crippen LogP contribution in [0.25, 0.3) is 0 Å². The maximum Gasteiger partial charge on any atom is 0.0471 e. The average molecular weight is 295 g/mol. The summed E-state index contributed by atoms with van der Waals surface area (Å²) < 4.78 is 0. The number of hydrogen-bond acceptors (Lipinski definition) is 2. The topological polar surface area (TPSA) is 15.3 Å². The molecule has 0 spiro atoms. The summed E-state index contributed by atoms with van der Waals surface area (Å²) in [4.78, 5) is 2.51. The van der Waals surface area contributed by atoms with Gasteiger partial charge in [0.05, 0.1) is 0 Å². The Morgan fingerprint density at radius 2 is 2.10 bits per heavy atom. The van der Waals surface area contributed by atoms with Crippen molar-refractivity contribution in [1.82, 2.24) is 5.32 Å². The number of halogens is 1. The summed E-state index contributed by atoms with van der Waals surface area (Å²) in [6.45, 7) is 12.1. The number of nitrogens with one attached hydrogen (secondary N) is 1. The van der Waals surface area contributed by atoms with Crippen molar-refractivity contribution in [2.45, 2.75) is 53.1 Å². The predicted octanol–water partition coefficient (Wildman–Crippen LogP) is 4.46. The third-order valence-corrected chi connectivity index (χ3v) is 4.38. The smallest absolute Gasteiger partial charge is 0.0471 e. The van der Waals surface area contributed by atoms with Crippen molar-refractivity contribution in [3.05, 3.63) is 28.8 Å². The third kappa shape index (κ3) is 3.89. The van der Waals surface area contributed by atoms with Gasteiger partial charge in [-0.2, -0.15) is 0 Å². The van der Waals surface area contributed by atoms with Gasteiger partial charge in [0.1, 0.15) is 0 Å². The highest BCUT2D eigenvalue weighted by molar-refractivity contribution is 6.31. The van der Waals surface area contributed by atoms with E-state index in [1.165, 1.54) is 24.1 Å². The van der Waals surface area contributed by atoms with Crippen molar-refractivity contribution in [3.8, 4) is 0 Å². The maximum atomic E-state index is 6.44. The zero-order valence-electron chi connectivity index (χ0n) is 13.2. The number of rotatable bonds is 4. The Bertz CT molecular complexity index is 454. The molecule has 0 bridgehead atoms. The van der Waals surface area contributed by atoms with Crippen molar-refractivity contribution in [2.75, 3.05) is 18.0 Å². The van der Waals surface area contributed by atoms with E-state index in [9.17, 15) is 0 Å². The molecule has 0 saturated carbocycles. The van der Waals surface area contributed by atoms with Crippen LogP contribution >= 0.6 is 11.6 Å². The first-order valence-electron chi connectivity index (χ1n) is 7.65. The molecule has 1 fully saturated rings. The van der Waals surface area contributed by atoms with Crippen LogP contribution in [0.2, 0.25) is 5.02 Å². The van der Waals surface area contributed by atoms with Gasteiger partial charge in [0, 0.05) is 41.9 Å². The zero-order valence-corrected chi connectivity index (χ0v) is 13.9. The van der Waals surface area contributed by atoms with Crippen LogP contribution in [0.15, 0.2) is 18.2 Å². The summed E-state index contributed by atoms with van der Waals surface area (Å²) in [5.74, 6) is 0. The molecule has 1 heterocycles. The van der Waals surface area contributed by atoms with Gasteiger partial charge in [-0.1, -0.05) is 45.4 Å². The number of anilines is 1. The van der Waals surface area contributed by atoms with Crippen LogP contribution in [0.3, 0.4) is 0 Å². The lowest BCUT2D eigenvalue weighted by molar-refractivity contribution is 0.293. The van der Waals surface area contributed by atoms with E-state index < -0.39 is 0 Å². The minimum atomic E-state index is 0.392. The van der Waals surface area contributed by atoms with E-state index in [0.717, 1.165) is 24.7 Å². The monoisotopic (exact) mass is 294 g/mol. The molecule has 0 unspecified atom stereocenters. The summed E-state index contributed by atoms with van der Waals surface area (Å²) in [6.07, 6.45) is 2.57. The minimum absolute atomic E-state index is 0.392. The molecular weight excluding hydrogens is 268 g/mol. The Labute approximate surface area is 128 Å². The minimum Gasteiger partial charge on any atom is -0.371 e. The summed E-state index contributed by atoms with van der Waals surface area (Å²) >= 11 is 6.44. The van der Waals surface area contributed by atoms with E-state index in [2.05, 4.69) is 50.0 Å². The summed E-state index contributed by atoms with van der Waals surface area (Å²) in [6, 6.07) is 6.75. The Kier molecular flexibility index (Phi) is 4.98. The van der Waals surface area contributed by atoms with Crippen LogP contribution < -0.4 is 10.2 Å². The molecule has 0 atom stereocenters. The third-order valence-electron chi connectivity index (χ3n) is 4.02. The Balaban J connectivity index is 2.24.